The largest absolute Gasteiger partial charge is 0.339 e. The maximum absolute atomic E-state index is 12.2. The highest BCUT2D eigenvalue weighted by Crippen LogP contribution is 2.29. The first-order chi connectivity index (χ1) is 14.4. The van der Waals surface area contributed by atoms with Gasteiger partial charge in [-0.05, 0) is 12.1 Å². The zero-order chi connectivity index (χ0) is 21.1. The van der Waals surface area contributed by atoms with Crippen LogP contribution in [0.5, 0.6) is 0 Å². The third-order valence-corrected chi connectivity index (χ3v) is 5.15. The number of anilines is 1. The molecule has 0 atom stereocenters. The highest BCUT2D eigenvalue weighted by Gasteiger charge is 2.21. The summed E-state index contributed by atoms with van der Waals surface area (Å²) in [5.41, 5.74) is 2.35. The van der Waals surface area contributed by atoms with Crippen molar-refractivity contribution in [2.75, 3.05) is 11.9 Å². The number of carbonyl (C=O) groups excluding carboxylic acids is 1. The number of amides is 2. The number of carbonyl (C=O) groups is 1. The monoisotopic (exact) mass is 423 g/mol. The van der Waals surface area contributed by atoms with E-state index < -0.39 is 0 Å². The number of aromatic nitrogens is 5. The number of hydrogen-bond acceptors (Lipinski definition) is 8. The summed E-state index contributed by atoms with van der Waals surface area (Å²) < 4.78 is 6.21. The normalized spacial score (nSPS) is 11.6. The van der Waals surface area contributed by atoms with Crippen molar-refractivity contribution in [3.8, 4) is 11.3 Å². The Labute approximate surface area is 177 Å². The molecule has 0 fully saturated rings. The molecule has 0 saturated carbocycles. The van der Waals surface area contributed by atoms with Gasteiger partial charge in [0.1, 0.15) is 0 Å². The van der Waals surface area contributed by atoms with Gasteiger partial charge in [-0.2, -0.15) is 4.98 Å². The molecule has 4 aromatic rings. The highest BCUT2D eigenvalue weighted by atomic mass is 32.1. The van der Waals surface area contributed by atoms with Crippen LogP contribution < -0.4 is 10.6 Å². The van der Waals surface area contributed by atoms with Gasteiger partial charge in [-0.25, -0.2) is 9.78 Å². The van der Waals surface area contributed by atoms with Crippen molar-refractivity contribution in [1.29, 1.82) is 0 Å². The maximum atomic E-state index is 12.2. The molecule has 0 unspecified atom stereocenters. The van der Waals surface area contributed by atoms with Gasteiger partial charge < -0.3 is 9.84 Å². The minimum atomic E-state index is -0.331. The fraction of sp³-hybridized carbons (Fsp3) is 0.300. The van der Waals surface area contributed by atoms with Crippen LogP contribution in [0.4, 0.5) is 9.93 Å². The molecule has 0 spiro atoms. The Hall–Kier alpha value is -3.40. The van der Waals surface area contributed by atoms with Gasteiger partial charge in [0.2, 0.25) is 5.89 Å². The molecule has 0 radical (unpaired) electrons. The van der Waals surface area contributed by atoms with E-state index in [1.54, 1.807) is 18.6 Å². The van der Waals surface area contributed by atoms with Gasteiger partial charge in [-0.3, -0.25) is 15.3 Å². The number of hydrogen-bond donors (Lipinski definition) is 2. The molecule has 0 bridgehead atoms. The molecule has 1 aromatic carbocycles. The predicted octanol–water partition coefficient (Wildman–Crippen LogP) is 3.80. The van der Waals surface area contributed by atoms with Crippen LogP contribution in [-0.2, 0) is 11.8 Å². The summed E-state index contributed by atoms with van der Waals surface area (Å²) in [5.74, 6) is 1.15. The molecular weight excluding hydrogens is 402 g/mol. The second kappa shape index (κ2) is 8.15. The Morgan fingerprint density at radius 3 is 2.80 bits per heavy atom. The van der Waals surface area contributed by atoms with Gasteiger partial charge in [0.05, 0.1) is 22.1 Å². The van der Waals surface area contributed by atoms with E-state index in [1.165, 1.54) is 11.3 Å². The Morgan fingerprint density at radius 1 is 1.20 bits per heavy atom. The third-order valence-electron chi connectivity index (χ3n) is 4.21. The van der Waals surface area contributed by atoms with E-state index in [-0.39, 0.29) is 11.4 Å². The summed E-state index contributed by atoms with van der Waals surface area (Å²) in [6, 6.07) is 5.50. The van der Waals surface area contributed by atoms with Crippen molar-refractivity contribution in [3.63, 3.8) is 0 Å². The minimum Gasteiger partial charge on any atom is -0.339 e. The van der Waals surface area contributed by atoms with E-state index in [1.807, 2.05) is 39.0 Å². The molecule has 9 nitrogen and oxygen atoms in total. The maximum Gasteiger partial charge on any atom is 0.321 e. The van der Waals surface area contributed by atoms with Crippen molar-refractivity contribution in [3.05, 3.63) is 48.5 Å². The average Bonchev–Trinajstić information content (AvgIpc) is 3.34. The van der Waals surface area contributed by atoms with Crippen molar-refractivity contribution >= 4 is 32.7 Å². The van der Waals surface area contributed by atoms with E-state index in [9.17, 15) is 4.79 Å². The van der Waals surface area contributed by atoms with Crippen molar-refractivity contribution < 1.29 is 9.32 Å². The van der Waals surface area contributed by atoms with Gasteiger partial charge >= 0.3 is 6.03 Å². The number of nitrogens with zero attached hydrogens (tertiary/aromatic N) is 5. The molecule has 2 N–H and O–H groups in total. The van der Waals surface area contributed by atoms with Gasteiger partial charge in [0.25, 0.3) is 0 Å². The molecule has 30 heavy (non-hydrogen) atoms. The number of thiazole rings is 1. The Kier molecular flexibility index (Phi) is 5.40. The summed E-state index contributed by atoms with van der Waals surface area (Å²) in [5, 5.41) is 10.0. The summed E-state index contributed by atoms with van der Waals surface area (Å²) in [4.78, 5) is 29.4. The molecule has 0 saturated heterocycles. The van der Waals surface area contributed by atoms with Crippen LogP contribution in [0.3, 0.4) is 0 Å². The molecule has 10 heteroatoms. The van der Waals surface area contributed by atoms with Gasteiger partial charge in [0.15, 0.2) is 11.0 Å². The first kappa shape index (κ1) is 19.9. The number of fused-ring (bicyclic) bond motifs is 1. The fourth-order valence-corrected chi connectivity index (χ4v) is 3.58. The van der Waals surface area contributed by atoms with Crippen LogP contribution in [0, 0.1) is 0 Å². The van der Waals surface area contributed by atoms with Crippen molar-refractivity contribution in [1.82, 2.24) is 30.4 Å². The fourth-order valence-electron chi connectivity index (χ4n) is 2.67. The molecule has 0 aliphatic rings. The molecule has 0 aliphatic heterocycles. The summed E-state index contributed by atoms with van der Waals surface area (Å²) >= 11 is 1.40. The average molecular weight is 424 g/mol. The van der Waals surface area contributed by atoms with Crippen LogP contribution >= 0.6 is 11.3 Å². The highest BCUT2D eigenvalue weighted by molar-refractivity contribution is 7.22. The summed E-state index contributed by atoms with van der Waals surface area (Å²) in [7, 11) is 0. The molecule has 154 valence electrons. The second-order valence-corrected chi connectivity index (χ2v) is 8.72. The SMILES string of the molecule is CC(C)(C)c1nc(CCNC(=O)Nc2nc3ccc(-c4cnccn4)cc3s2)no1. The van der Waals surface area contributed by atoms with Crippen LogP contribution in [0.2, 0.25) is 0 Å². The van der Waals surface area contributed by atoms with Gasteiger partial charge in [-0.15, -0.1) is 0 Å². The standard InChI is InChI=1S/C20H21N7O2S/c1-20(2,3)17-25-16(27-29-17)6-7-23-18(28)26-19-24-13-5-4-12(10-15(13)30-19)14-11-21-8-9-22-14/h4-5,8-11H,6-7H2,1-3H3,(H2,23,24,26,28). The minimum absolute atomic E-state index is 0.199. The van der Waals surface area contributed by atoms with Crippen molar-refractivity contribution in [2.24, 2.45) is 0 Å². The quantitative estimate of drug-likeness (QED) is 0.501. The molecular formula is C20H21N7O2S. The van der Waals surface area contributed by atoms with E-state index in [0.717, 1.165) is 21.5 Å². The summed E-state index contributed by atoms with van der Waals surface area (Å²) in [6.45, 7) is 6.40. The van der Waals surface area contributed by atoms with Crippen LogP contribution in [-0.4, -0.2) is 37.7 Å². The second-order valence-electron chi connectivity index (χ2n) is 7.69. The van der Waals surface area contributed by atoms with E-state index in [2.05, 4.69) is 35.7 Å². The van der Waals surface area contributed by atoms with Crippen LogP contribution in [0.25, 0.3) is 21.5 Å². The molecule has 2 amide bonds. The van der Waals surface area contributed by atoms with Gasteiger partial charge in [0, 0.05) is 36.3 Å². The third kappa shape index (κ3) is 4.60. The molecule has 0 aliphatic carbocycles. The lowest BCUT2D eigenvalue weighted by atomic mass is 9.97. The number of nitrogens with one attached hydrogen (secondary N) is 2. The molecule has 3 heterocycles. The Morgan fingerprint density at radius 2 is 2.07 bits per heavy atom. The zero-order valence-corrected chi connectivity index (χ0v) is 17.7. The number of rotatable bonds is 5. The lowest BCUT2D eigenvalue weighted by Gasteiger charge is -2.10. The molecule has 3 aromatic heterocycles. The van der Waals surface area contributed by atoms with E-state index in [0.29, 0.717) is 29.8 Å². The first-order valence-electron chi connectivity index (χ1n) is 9.43. The number of benzene rings is 1. The van der Waals surface area contributed by atoms with Crippen LogP contribution in [0.1, 0.15) is 32.5 Å². The summed E-state index contributed by atoms with van der Waals surface area (Å²) in [6.07, 6.45) is 5.48. The van der Waals surface area contributed by atoms with E-state index >= 15 is 0 Å². The topological polar surface area (TPSA) is 119 Å². The molecule has 4 rings (SSSR count). The Bertz CT molecular complexity index is 1160. The lowest BCUT2D eigenvalue weighted by Crippen LogP contribution is -2.30. The lowest BCUT2D eigenvalue weighted by molar-refractivity contribution is 0.252. The number of urea groups is 1. The van der Waals surface area contributed by atoms with Crippen molar-refractivity contribution in [2.45, 2.75) is 32.6 Å². The first-order valence-corrected chi connectivity index (χ1v) is 10.2. The van der Waals surface area contributed by atoms with Crippen LogP contribution in [0.15, 0.2) is 41.3 Å². The van der Waals surface area contributed by atoms with Gasteiger partial charge in [-0.1, -0.05) is 43.3 Å². The van der Waals surface area contributed by atoms with E-state index in [4.69, 9.17) is 4.52 Å². The predicted molar refractivity (Wildman–Crippen MR) is 114 cm³/mol. The zero-order valence-electron chi connectivity index (χ0n) is 16.8. The Balaban J connectivity index is 1.34. The smallest absolute Gasteiger partial charge is 0.321 e.